The van der Waals surface area contributed by atoms with E-state index in [-0.39, 0.29) is 5.91 Å². The van der Waals surface area contributed by atoms with Gasteiger partial charge in [0.2, 0.25) is 5.91 Å². The molecule has 2 aromatic rings. The zero-order valence-electron chi connectivity index (χ0n) is 14.3. The molecule has 24 heavy (non-hydrogen) atoms. The van der Waals surface area contributed by atoms with Crippen LogP contribution in [0.1, 0.15) is 37.7 Å². The number of nitrogens with zero attached hydrogens (tertiary/aromatic N) is 2. The third-order valence-corrected chi connectivity index (χ3v) is 4.71. The van der Waals surface area contributed by atoms with Crippen molar-refractivity contribution in [2.75, 3.05) is 26.2 Å². The second kappa shape index (κ2) is 8.78. The van der Waals surface area contributed by atoms with Crippen molar-refractivity contribution in [2.45, 2.75) is 38.5 Å². The van der Waals surface area contributed by atoms with Gasteiger partial charge in [0, 0.05) is 24.5 Å². The molecule has 128 valence electrons. The van der Waals surface area contributed by atoms with Gasteiger partial charge in [-0.15, -0.1) is 0 Å². The van der Waals surface area contributed by atoms with Gasteiger partial charge in [0.25, 0.3) is 0 Å². The number of pyridine rings is 1. The molecule has 4 nitrogen and oxygen atoms in total. The van der Waals surface area contributed by atoms with Crippen LogP contribution < -0.4 is 5.32 Å². The van der Waals surface area contributed by atoms with Crippen LogP contribution in [0, 0.1) is 0 Å². The topological polar surface area (TPSA) is 45.2 Å². The van der Waals surface area contributed by atoms with Crippen molar-refractivity contribution in [3.63, 3.8) is 0 Å². The Hall–Kier alpha value is -1.94. The Balaban J connectivity index is 1.35. The van der Waals surface area contributed by atoms with Crippen LogP contribution in [0.3, 0.4) is 0 Å². The third kappa shape index (κ3) is 5.03. The quantitative estimate of drug-likeness (QED) is 0.795. The average molecular weight is 325 g/mol. The summed E-state index contributed by atoms with van der Waals surface area (Å²) in [6, 6.07) is 10.2. The number of para-hydroxylation sites is 1. The minimum atomic E-state index is 0.141. The SMILES string of the molecule is O=C(CCc1cnc2ccccc2c1)NCCCN1CCCCC1. The highest BCUT2D eigenvalue weighted by Gasteiger charge is 2.09. The van der Waals surface area contributed by atoms with Crippen LogP contribution in [0.5, 0.6) is 0 Å². The number of carbonyl (C=O) groups is 1. The molecule has 1 aliphatic rings. The summed E-state index contributed by atoms with van der Waals surface area (Å²) in [5, 5.41) is 4.18. The van der Waals surface area contributed by atoms with Crippen LogP contribution in [0.4, 0.5) is 0 Å². The van der Waals surface area contributed by atoms with Gasteiger partial charge in [0.15, 0.2) is 0 Å². The first-order valence-electron chi connectivity index (χ1n) is 9.14. The fraction of sp³-hybridized carbons (Fsp3) is 0.500. The summed E-state index contributed by atoms with van der Waals surface area (Å²) in [5.74, 6) is 0.141. The standard InChI is InChI=1S/C20H27N3O/c24-20(21-11-6-14-23-12-4-1-5-13-23)10-9-17-15-18-7-2-3-8-19(18)22-16-17/h2-3,7-8,15-16H,1,4-6,9-14H2,(H,21,24). The van der Waals surface area contributed by atoms with E-state index in [1.807, 2.05) is 24.4 Å². The van der Waals surface area contributed by atoms with Gasteiger partial charge < -0.3 is 10.2 Å². The number of fused-ring (bicyclic) bond motifs is 1. The minimum absolute atomic E-state index is 0.141. The third-order valence-electron chi connectivity index (χ3n) is 4.71. The van der Waals surface area contributed by atoms with Gasteiger partial charge in [-0.05, 0) is 63.0 Å². The average Bonchev–Trinajstić information content (AvgIpc) is 2.64. The number of benzene rings is 1. The first-order valence-corrected chi connectivity index (χ1v) is 9.14. The van der Waals surface area contributed by atoms with Gasteiger partial charge >= 0.3 is 0 Å². The molecule has 1 aromatic carbocycles. The summed E-state index contributed by atoms with van der Waals surface area (Å²) < 4.78 is 0. The van der Waals surface area contributed by atoms with Crippen LogP contribution in [0.15, 0.2) is 36.5 Å². The Labute approximate surface area is 144 Å². The van der Waals surface area contributed by atoms with Crippen molar-refractivity contribution in [2.24, 2.45) is 0 Å². The van der Waals surface area contributed by atoms with Gasteiger partial charge in [-0.3, -0.25) is 9.78 Å². The maximum atomic E-state index is 12.0. The molecule has 0 bridgehead atoms. The number of piperidine rings is 1. The lowest BCUT2D eigenvalue weighted by molar-refractivity contribution is -0.121. The number of nitrogens with one attached hydrogen (secondary N) is 1. The van der Waals surface area contributed by atoms with Gasteiger partial charge in [0.05, 0.1) is 5.52 Å². The molecule has 1 aliphatic heterocycles. The van der Waals surface area contributed by atoms with E-state index in [1.165, 1.54) is 32.4 Å². The van der Waals surface area contributed by atoms with E-state index in [4.69, 9.17) is 0 Å². The highest BCUT2D eigenvalue weighted by molar-refractivity contribution is 5.79. The summed E-state index contributed by atoms with van der Waals surface area (Å²) in [6.45, 7) is 4.34. The smallest absolute Gasteiger partial charge is 0.220 e. The highest BCUT2D eigenvalue weighted by atomic mass is 16.1. The van der Waals surface area contributed by atoms with Gasteiger partial charge in [-0.25, -0.2) is 0 Å². The molecule has 0 atom stereocenters. The number of likely N-dealkylation sites (tertiary alicyclic amines) is 1. The fourth-order valence-electron chi connectivity index (χ4n) is 3.31. The van der Waals surface area contributed by atoms with Gasteiger partial charge in [-0.1, -0.05) is 24.6 Å². The van der Waals surface area contributed by atoms with E-state index in [9.17, 15) is 4.79 Å². The molecular formula is C20H27N3O. The van der Waals surface area contributed by atoms with Crippen LogP contribution in [-0.4, -0.2) is 42.0 Å². The van der Waals surface area contributed by atoms with Crippen molar-refractivity contribution in [1.82, 2.24) is 15.2 Å². The summed E-state index contributed by atoms with van der Waals surface area (Å²) in [7, 11) is 0. The number of hydrogen-bond acceptors (Lipinski definition) is 3. The molecule has 0 saturated carbocycles. The molecule has 0 spiro atoms. The highest BCUT2D eigenvalue weighted by Crippen LogP contribution is 2.13. The lowest BCUT2D eigenvalue weighted by Gasteiger charge is -2.26. The zero-order chi connectivity index (χ0) is 16.6. The summed E-state index contributed by atoms with van der Waals surface area (Å²) in [4.78, 5) is 18.9. The lowest BCUT2D eigenvalue weighted by Crippen LogP contribution is -2.33. The molecule has 1 N–H and O–H groups in total. The van der Waals surface area contributed by atoms with E-state index in [0.717, 1.165) is 42.4 Å². The Bertz CT molecular complexity index is 665. The van der Waals surface area contributed by atoms with E-state index >= 15 is 0 Å². The van der Waals surface area contributed by atoms with Gasteiger partial charge in [-0.2, -0.15) is 0 Å². The van der Waals surface area contributed by atoms with Crippen molar-refractivity contribution in [3.05, 3.63) is 42.1 Å². The van der Waals surface area contributed by atoms with Crippen molar-refractivity contribution < 1.29 is 4.79 Å². The van der Waals surface area contributed by atoms with Crippen LogP contribution in [0.25, 0.3) is 10.9 Å². The zero-order valence-corrected chi connectivity index (χ0v) is 14.3. The minimum Gasteiger partial charge on any atom is -0.356 e. The predicted octanol–water partition coefficient (Wildman–Crippen LogP) is 3.16. The molecule has 0 radical (unpaired) electrons. The lowest BCUT2D eigenvalue weighted by atomic mass is 10.1. The number of amides is 1. The molecule has 4 heteroatoms. The largest absolute Gasteiger partial charge is 0.356 e. The second-order valence-corrected chi connectivity index (χ2v) is 6.64. The van der Waals surface area contributed by atoms with Crippen molar-refractivity contribution in [3.8, 4) is 0 Å². The maximum Gasteiger partial charge on any atom is 0.220 e. The monoisotopic (exact) mass is 325 g/mol. The van der Waals surface area contributed by atoms with Gasteiger partial charge in [0.1, 0.15) is 0 Å². The molecule has 2 heterocycles. The molecule has 1 amide bonds. The van der Waals surface area contributed by atoms with Crippen molar-refractivity contribution in [1.29, 1.82) is 0 Å². The van der Waals surface area contributed by atoms with E-state index < -0.39 is 0 Å². The number of rotatable bonds is 7. The Morgan fingerprint density at radius 2 is 2.00 bits per heavy atom. The molecule has 0 unspecified atom stereocenters. The van der Waals surface area contributed by atoms with Crippen molar-refractivity contribution >= 4 is 16.8 Å². The van der Waals surface area contributed by atoms with Crippen LogP contribution in [-0.2, 0) is 11.2 Å². The molecule has 1 aromatic heterocycles. The normalized spacial score (nSPS) is 15.5. The summed E-state index contributed by atoms with van der Waals surface area (Å²) in [6.07, 6.45) is 8.23. The molecule has 1 saturated heterocycles. The Morgan fingerprint density at radius 3 is 2.88 bits per heavy atom. The number of hydrogen-bond donors (Lipinski definition) is 1. The molecular weight excluding hydrogens is 298 g/mol. The van der Waals surface area contributed by atoms with E-state index in [2.05, 4.69) is 27.3 Å². The Kier molecular flexibility index (Phi) is 6.19. The Morgan fingerprint density at radius 1 is 1.17 bits per heavy atom. The van der Waals surface area contributed by atoms with E-state index in [0.29, 0.717) is 6.42 Å². The molecule has 0 aliphatic carbocycles. The first-order chi connectivity index (χ1) is 11.8. The second-order valence-electron chi connectivity index (χ2n) is 6.64. The number of carbonyl (C=O) groups excluding carboxylic acids is 1. The first kappa shape index (κ1) is 16.9. The number of aromatic nitrogens is 1. The number of aryl methyl sites for hydroxylation is 1. The molecule has 3 rings (SSSR count). The fourth-order valence-corrected chi connectivity index (χ4v) is 3.31. The summed E-state index contributed by atoms with van der Waals surface area (Å²) in [5.41, 5.74) is 2.13. The van der Waals surface area contributed by atoms with Crippen LogP contribution in [0.2, 0.25) is 0 Å². The summed E-state index contributed by atoms with van der Waals surface area (Å²) >= 11 is 0. The maximum absolute atomic E-state index is 12.0. The predicted molar refractivity (Wildman–Crippen MR) is 98.0 cm³/mol. The molecule has 1 fully saturated rings. The van der Waals surface area contributed by atoms with Crippen LogP contribution >= 0.6 is 0 Å². The van der Waals surface area contributed by atoms with E-state index in [1.54, 1.807) is 0 Å².